The molecule has 3 rings (SSSR count). The van der Waals surface area contributed by atoms with E-state index in [-0.39, 0.29) is 18.6 Å². The van der Waals surface area contributed by atoms with E-state index in [1.54, 1.807) is 18.2 Å². The Bertz CT molecular complexity index is 744. The fourth-order valence-corrected chi connectivity index (χ4v) is 2.71. The number of amides is 1. The molecule has 2 aromatic carbocycles. The van der Waals surface area contributed by atoms with Crippen molar-refractivity contribution in [2.24, 2.45) is 0 Å². The molecule has 1 heterocycles. The highest BCUT2D eigenvalue weighted by Crippen LogP contribution is 2.31. The summed E-state index contributed by atoms with van der Waals surface area (Å²) in [5.74, 6) is 1.77. The van der Waals surface area contributed by atoms with Crippen LogP contribution in [0, 0.1) is 0 Å². The smallest absolute Gasteiger partial charge is 0.258 e. The second kappa shape index (κ2) is 8.24. The quantitative estimate of drug-likeness (QED) is 0.787. The Morgan fingerprint density at radius 2 is 1.88 bits per heavy atom. The maximum absolute atomic E-state index is 12.3. The van der Waals surface area contributed by atoms with Crippen LogP contribution < -0.4 is 19.5 Å². The van der Waals surface area contributed by atoms with Crippen LogP contribution in [0.3, 0.4) is 0 Å². The van der Waals surface area contributed by atoms with Crippen molar-refractivity contribution in [2.45, 2.75) is 12.5 Å². The van der Waals surface area contributed by atoms with Gasteiger partial charge in [-0.25, -0.2) is 0 Å². The number of hydrogen-bond donors (Lipinski definition) is 1. The van der Waals surface area contributed by atoms with E-state index in [1.807, 2.05) is 36.4 Å². The van der Waals surface area contributed by atoms with E-state index in [0.29, 0.717) is 24.7 Å². The van der Waals surface area contributed by atoms with Gasteiger partial charge in [-0.2, -0.15) is 0 Å². The summed E-state index contributed by atoms with van der Waals surface area (Å²) in [7, 11) is 0. The lowest BCUT2D eigenvalue weighted by Crippen LogP contribution is -2.35. The van der Waals surface area contributed by atoms with Gasteiger partial charge in [-0.05, 0) is 18.2 Å². The molecule has 1 atom stereocenters. The highest BCUT2D eigenvalue weighted by atomic mass is 16.5. The van der Waals surface area contributed by atoms with Crippen LogP contribution in [0.25, 0.3) is 0 Å². The molecule has 0 bridgehead atoms. The topological polar surface area (TPSA) is 56.8 Å². The van der Waals surface area contributed by atoms with Crippen molar-refractivity contribution in [1.82, 2.24) is 5.32 Å². The molecule has 2 aromatic rings. The predicted octanol–water partition coefficient (Wildman–Crippen LogP) is 3.27. The number of para-hydroxylation sites is 3. The number of carbonyl (C=O) groups is 1. The Labute approximate surface area is 147 Å². The minimum absolute atomic E-state index is 0.0618. The highest BCUT2D eigenvalue weighted by Gasteiger charge is 2.22. The van der Waals surface area contributed by atoms with Crippen molar-refractivity contribution in [1.29, 1.82) is 0 Å². The summed E-state index contributed by atoms with van der Waals surface area (Å²) >= 11 is 0. The molecule has 1 N–H and O–H groups in total. The Morgan fingerprint density at radius 3 is 2.68 bits per heavy atom. The number of fused-ring (bicyclic) bond motifs is 1. The molecule has 0 spiro atoms. The number of hydrogen-bond acceptors (Lipinski definition) is 4. The molecule has 5 nitrogen and oxygen atoms in total. The van der Waals surface area contributed by atoms with Crippen molar-refractivity contribution in [3.63, 3.8) is 0 Å². The average molecular weight is 339 g/mol. The van der Waals surface area contributed by atoms with Crippen molar-refractivity contribution in [3.8, 4) is 17.2 Å². The van der Waals surface area contributed by atoms with E-state index < -0.39 is 0 Å². The van der Waals surface area contributed by atoms with E-state index in [1.165, 1.54) is 0 Å². The van der Waals surface area contributed by atoms with Gasteiger partial charge in [0.25, 0.3) is 5.91 Å². The van der Waals surface area contributed by atoms with E-state index in [0.717, 1.165) is 17.7 Å². The van der Waals surface area contributed by atoms with Gasteiger partial charge in [0, 0.05) is 12.0 Å². The van der Waals surface area contributed by atoms with Gasteiger partial charge in [0.2, 0.25) is 0 Å². The molecule has 0 radical (unpaired) electrons. The van der Waals surface area contributed by atoms with Gasteiger partial charge in [-0.3, -0.25) is 4.79 Å². The zero-order valence-corrected chi connectivity index (χ0v) is 13.9. The fraction of sp³-hybridized carbons (Fsp3) is 0.250. The van der Waals surface area contributed by atoms with Crippen LogP contribution in [0.2, 0.25) is 0 Å². The van der Waals surface area contributed by atoms with Gasteiger partial charge in [0.1, 0.15) is 12.4 Å². The summed E-state index contributed by atoms with van der Waals surface area (Å²) < 4.78 is 16.8. The molecule has 0 saturated carbocycles. The van der Waals surface area contributed by atoms with E-state index in [9.17, 15) is 4.79 Å². The summed E-state index contributed by atoms with van der Waals surface area (Å²) in [6.45, 7) is 4.51. The molecule has 25 heavy (non-hydrogen) atoms. The first-order valence-electron chi connectivity index (χ1n) is 8.24. The lowest BCUT2D eigenvalue weighted by molar-refractivity contribution is -0.124. The first-order valence-corrected chi connectivity index (χ1v) is 8.24. The van der Waals surface area contributed by atoms with Crippen LogP contribution in [0.4, 0.5) is 0 Å². The molecule has 1 amide bonds. The number of rotatable bonds is 7. The summed E-state index contributed by atoms with van der Waals surface area (Å²) in [5.41, 5.74) is 0.997. The van der Waals surface area contributed by atoms with Crippen LogP contribution in [0.1, 0.15) is 18.0 Å². The average Bonchev–Trinajstić information content (AvgIpc) is 2.65. The molecule has 1 aliphatic heterocycles. The van der Waals surface area contributed by atoms with Crippen LogP contribution in [0.5, 0.6) is 17.2 Å². The molecular weight excluding hydrogens is 318 g/mol. The molecule has 5 heteroatoms. The lowest BCUT2D eigenvalue weighted by Gasteiger charge is -2.26. The molecular formula is C20H21NO4. The first kappa shape index (κ1) is 16.9. The summed E-state index contributed by atoms with van der Waals surface area (Å²) in [4.78, 5) is 12.3. The fourth-order valence-electron chi connectivity index (χ4n) is 2.71. The largest absolute Gasteiger partial charge is 0.493 e. The van der Waals surface area contributed by atoms with Gasteiger partial charge >= 0.3 is 0 Å². The zero-order valence-electron chi connectivity index (χ0n) is 13.9. The van der Waals surface area contributed by atoms with Crippen molar-refractivity contribution >= 4 is 5.91 Å². The summed E-state index contributed by atoms with van der Waals surface area (Å²) in [6.07, 6.45) is 2.40. The molecule has 1 unspecified atom stereocenters. The summed E-state index contributed by atoms with van der Waals surface area (Å²) in [6, 6.07) is 14.9. The number of ether oxygens (including phenoxy) is 3. The van der Waals surface area contributed by atoms with Gasteiger partial charge in [0.15, 0.2) is 18.1 Å². The highest BCUT2D eigenvalue weighted by molar-refractivity contribution is 5.78. The van der Waals surface area contributed by atoms with Crippen LogP contribution in [-0.2, 0) is 4.79 Å². The summed E-state index contributed by atoms with van der Waals surface area (Å²) in [5, 5.41) is 3.01. The number of carbonyl (C=O) groups excluding carboxylic acids is 1. The van der Waals surface area contributed by atoms with Gasteiger partial charge in [0.05, 0.1) is 12.6 Å². The Morgan fingerprint density at radius 1 is 1.16 bits per heavy atom. The van der Waals surface area contributed by atoms with Crippen LogP contribution in [0.15, 0.2) is 61.2 Å². The van der Waals surface area contributed by atoms with Crippen LogP contribution >= 0.6 is 0 Å². The van der Waals surface area contributed by atoms with E-state index in [4.69, 9.17) is 14.2 Å². The standard InChI is InChI=1S/C20H21NO4/c1-2-12-23-18-9-5-6-10-19(18)25-14-20(22)21-16-11-13-24-17-8-4-3-7-15(16)17/h2-10,16H,1,11-14H2,(H,21,22). The zero-order chi connectivity index (χ0) is 17.5. The molecule has 0 saturated heterocycles. The maximum atomic E-state index is 12.3. The van der Waals surface area contributed by atoms with Crippen molar-refractivity contribution < 1.29 is 19.0 Å². The second-order valence-electron chi connectivity index (χ2n) is 5.63. The Balaban J connectivity index is 1.58. The predicted molar refractivity (Wildman–Crippen MR) is 95.1 cm³/mol. The molecule has 0 aromatic heterocycles. The third-order valence-corrected chi connectivity index (χ3v) is 3.86. The SMILES string of the molecule is C=CCOc1ccccc1OCC(=O)NC1CCOc2ccccc21. The molecule has 0 aliphatic carbocycles. The van der Waals surface area contributed by atoms with Gasteiger partial charge in [-0.1, -0.05) is 43.0 Å². The number of benzene rings is 2. The van der Waals surface area contributed by atoms with Crippen molar-refractivity contribution in [2.75, 3.05) is 19.8 Å². The molecule has 130 valence electrons. The van der Waals surface area contributed by atoms with Gasteiger partial charge in [-0.15, -0.1) is 0 Å². The number of nitrogens with one attached hydrogen (secondary N) is 1. The van der Waals surface area contributed by atoms with E-state index >= 15 is 0 Å². The third kappa shape index (κ3) is 4.32. The van der Waals surface area contributed by atoms with Crippen LogP contribution in [-0.4, -0.2) is 25.7 Å². The minimum atomic E-state index is -0.180. The minimum Gasteiger partial charge on any atom is -0.493 e. The normalized spacial score (nSPS) is 15.4. The maximum Gasteiger partial charge on any atom is 0.258 e. The lowest BCUT2D eigenvalue weighted by atomic mass is 10.0. The first-order chi connectivity index (χ1) is 12.3. The second-order valence-corrected chi connectivity index (χ2v) is 5.63. The Hall–Kier alpha value is -2.95. The van der Waals surface area contributed by atoms with Crippen molar-refractivity contribution in [3.05, 3.63) is 66.7 Å². The molecule has 0 fully saturated rings. The monoisotopic (exact) mass is 339 g/mol. The third-order valence-electron chi connectivity index (χ3n) is 3.86. The Kier molecular flexibility index (Phi) is 5.57. The van der Waals surface area contributed by atoms with E-state index in [2.05, 4.69) is 11.9 Å². The van der Waals surface area contributed by atoms with Gasteiger partial charge < -0.3 is 19.5 Å². The molecule has 1 aliphatic rings.